The average Bonchev–Trinajstić information content (AvgIpc) is 2.73. The summed E-state index contributed by atoms with van der Waals surface area (Å²) in [5, 5.41) is 3.72. The van der Waals surface area contributed by atoms with Crippen molar-refractivity contribution < 1.29 is 22.7 Å². The molecule has 0 atom stereocenters. The molecule has 32 heavy (non-hydrogen) atoms. The number of halogens is 3. The lowest BCUT2D eigenvalue weighted by Gasteiger charge is -2.31. The molecule has 1 amide bonds. The molecule has 3 heterocycles. The number of nitrogens with one attached hydrogen (secondary N) is 1. The van der Waals surface area contributed by atoms with Crippen molar-refractivity contribution in [1.82, 2.24) is 14.9 Å². The third kappa shape index (κ3) is 4.92. The molecule has 6 nitrogen and oxygen atoms in total. The van der Waals surface area contributed by atoms with Gasteiger partial charge in [-0.15, -0.1) is 13.2 Å². The van der Waals surface area contributed by atoms with Gasteiger partial charge in [-0.2, -0.15) is 0 Å². The Balaban J connectivity index is 1.74. The van der Waals surface area contributed by atoms with E-state index in [1.807, 2.05) is 6.92 Å². The smallest absolute Gasteiger partial charge is 0.406 e. The summed E-state index contributed by atoms with van der Waals surface area (Å²) in [5.74, 6) is 0.0414. The van der Waals surface area contributed by atoms with Crippen LogP contribution in [0.1, 0.15) is 35.8 Å². The van der Waals surface area contributed by atoms with E-state index < -0.39 is 6.36 Å². The molecule has 3 aromatic rings. The SMILES string of the molecule is Cc1ccc2c(Nc3cccc(OC(F)(F)F)c3)c(C(=O)N3CCC(C)CC3)cnc2n1. The number of ether oxygens (including phenoxy) is 1. The predicted octanol–water partition coefficient (Wildman–Crippen LogP) is 5.45. The van der Waals surface area contributed by atoms with Gasteiger partial charge in [0.25, 0.3) is 5.91 Å². The molecule has 0 spiro atoms. The third-order valence-corrected chi connectivity index (χ3v) is 5.51. The Kier molecular flexibility index (Phi) is 5.90. The van der Waals surface area contributed by atoms with E-state index in [2.05, 4.69) is 26.9 Å². The molecule has 0 bridgehead atoms. The van der Waals surface area contributed by atoms with Crippen LogP contribution in [0, 0.1) is 12.8 Å². The summed E-state index contributed by atoms with van der Waals surface area (Å²) in [5.41, 5.74) is 2.36. The summed E-state index contributed by atoms with van der Waals surface area (Å²) in [6.45, 7) is 5.30. The number of nitrogens with zero attached hydrogens (tertiary/aromatic N) is 3. The van der Waals surface area contributed by atoms with Crippen LogP contribution >= 0.6 is 0 Å². The zero-order valence-electron chi connectivity index (χ0n) is 17.7. The van der Waals surface area contributed by atoms with Crippen molar-refractivity contribution in [2.75, 3.05) is 18.4 Å². The number of pyridine rings is 2. The van der Waals surface area contributed by atoms with E-state index in [1.54, 1.807) is 23.1 Å². The van der Waals surface area contributed by atoms with Gasteiger partial charge in [0.2, 0.25) is 0 Å². The van der Waals surface area contributed by atoms with Crippen LogP contribution < -0.4 is 10.1 Å². The number of likely N-dealkylation sites (tertiary alicyclic amines) is 1. The number of carbonyl (C=O) groups excluding carboxylic acids is 1. The van der Waals surface area contributed by atoms with E-state index in [0.717, 1.165) is 18.5 Å². The standard InChI is InChI=1S/C23H23F3N4O2/c1-14-8-10-30(11-9-14)22(31)19-13-27-21-18(7-6-15(2)28-21)20(19)29-16-4-3-5-17(12-16)32-23(24,25)26/h3-7,12-14H,8-11H2,1-2H3,(H,27,28,29). The van der Waals surface area contributed by atoms with Crippen molar-refractivity contribution in [1.29, 1.82) is 0 Å². The van der Waals surface area contributed by atoms with E-state index >= 15 is 0 Å². The summed E-state index contributed by atoms with van der Waals surface area (Å²) >= 11 is 0. The molecule has 168 valence electrons. The van der Waals surface area contributed by atoms with E-state index in [1.165, 1.54) is 24.4 Å². The first-order chi connectivity index (χ1) is 15.2. The molecular weight excluding hydrogens is 421 g/mol. The first kappa shape index (κ1) is 21.9. The molecule has 0 saturated carbocycles. The molecule has 0 aliphatic carbocycles. The first-order valence-electron chi connectivity index (χ1n) is 10.4. The Morgan fingerprint density at radius 2 is 1.94 bits per heavy atom. The molecule has 1 aliphatic heterocycles. The highest BCUT2D eigenvalue weighted by molar-refractivity contribution is 6.07. The summed E-state index contributed by atoms with van der Waals surface area (Å²) in [4.78, 5) is 23.9. The molecule has 0 unspecified atom stereocenters. The van der Waals surface area contributed by atoms with Crippen LogP contribution in [0.3, 0.4) is 0 Å². The van der Waals surface area contributed by atoms with E-state index in [9.17, 15) is 18.0 Å². The number of carbonyl (C=O) groups is 1. The van der Waals surface area contributed by atoms with Crippen LogP contribution in [0.5, 0.6) is 5.75 Å². The minimum absolute atomic E-state index is 0.169. The first-order valence-corrected chi connectivity index (χ1v) is 10.4. The van der Waals surface area contributed by atoms with Crippen LogP contribution in [-0.2, 0) is 0 Å². The molecule has 9 heteroatoms. The zero-order valence-corrected chi connectivity index (χ0v) is 17.7. The van der Waals surface area contributed by atoms with Gasteiger partial charge >= 0.3 is 6.36 Å². The summed E-state index contributed by atoms with van der Waals surface area (Å²) < 4.78 is 41.9. The Morgan fingerprint density at radius 3 is 2.66 bits per heavy atom. The summed E-state index contributed by atoms with van der Waals surface area (Å²) in [6.07, 6.45) is -1.47. The van der Waals surface area contributed by atoms with Crippen LogP contribution in [0.4, 0.5) is 24.5 Å². The van der Waals surface area contributed by atoms with Crippen molar-refractivity contribution >= 4 is 28.3 Å². The topological polar surface area (TPSA) is 67.3 Å². The number of hydrogen-bond acceptors (Lipinski definition) is 5. The second-order valence-corrected chi connectivity index (χ2v) is 8.05. The van der Waals surface area contributed by atoms with Crippen molar-refractivity contribution in [3.8, 4) is 5.75 Å². The lowest BCUT2D eigenvalue weighted by atomic mass is 9.98. The highest BCUT2D eigenvalue weighted by Gasteiger charge is 2.31. The highest BCUT2D eigenvalue weighted by atomic mass is 19.4. The number of piperidine rings is 1. The second kappa shape index (κ2) is 8.64. The van der Waals surface area contributed by atoms with Crippen molar-refractivity contribution in [3.63, 3.8) is 0 Å². The zero-order chi connectivity index (χ0) is 22.9. The molecular formula is C23H23F3N4O2. The monoisotopic (exact) mass is 444 g/mol. The normalized spacial score (nSPS) is 15.1. The fraction of sp³-hybridized carbons (Fsp3) is 0.348. The van der Waals surface area contributed by atoms with Crippen LogP contribution in [0.2, 0.25) is 0 Å². The number of alkyl halides is 3. The van der Waals surface area contributed by atoms with Gasteiger partial charge in [0, 0.05) is 42.1 Å². The largest absolute Gasteiger partial charge is 0.573 e. The number of fused-ring (bicyclic) bond motifs is 1. The van der Waals surface area contributed by atoms with Gasteiger partial charge in [0.15, 0.2) is 5.65 Å². The van der Waals surface area contributed by atoms with Gasteiger partial charge in [0.1, 0.15) is 5.75 Å². The number of benzene rings is 1. The Bertz CT molecular complexity index is 1140. The Morgan fingerprint density at radius 1 is 1.19 bits per heavy atom. The molecule has 0 radical (unpaired) electrons. The molecule has 1 aromatic carbocycles. The number of aryl methyl sites for hydroxylation is 1. The number of anilines is 2. The molecule has 1 aliphatic rings. The fourth-order valence-electron chi connectivity index (χ4n) is 3.77. The van der Waals surface area contributed by atoms with Crippen molar-refractivity contribution in [2.24, 2.45) is 5.92 Å². The van der Waals surface area contributed by atoms with E-state index in [0.29, 0.717) is 47.0 Å². The predicted molar refractivity (Wildman–Crippen MR) is 115 cm³/mol. The van der Waals surface area contributed by atoms with Crippen LogP contribution in [0.25, 0.3) is 11.0 Å². The van der Waals surface area contributed by atoms with Gasteiger partial charge in [0.05, 0.1) is 11.3 Å². The van der Waals surface area contributed by atoms with Gasteiger partial charge in [-0.1, -0.05) is 13.0 Å². The Labute approximate surface area is 183 Å². The third-order valence-electron chi connectivity index (χ3n) is 5.51. The second-order valence-electron chi connectivity index (χ2n) is 8.05. The maximum absolute atomic E-state index is 13.3. The van der Waals surface area contributed by atoms with Gasteiger partial charge in [-0.25, -0.2) is 9.97 Å². The van der Waals surface area contributed by atoms with Crippen LogP contribution in [-0.4, -0.2) is 40.2 Å². The average molecular weight is 444 g/mol. The van der Waals surface area contributed by atoms with Gasteiger partial charge in [-0.05, 0) is 49.9 Å². The van der Waals surface area contributed by atoms with Gasteiger partial charge in [-0.3, -0.25) is 4.79 Å². The van der Waals surface area contributed by atoms with Crippen LogP contribution in [0.15, 0.2) is 42.6 Å². The molecule has 1 fully saturated rings. The molecule has 1 saturated heterocycles. The Hall–Kier alpha value is -3.36. The fourth-order valence-corrected chi connectivity index (χ4v) is 3.77. The maximum atomic E-state index is 13.3. The lowest BCUT2D eigenvalue weighted by Crippen LogP contribution is -2.38. The molecule has 1 N–H and O–H groups in total. The molecule has 2 aromatic heterocycles. The lowest BCUT2D eigenvalue weighted by molar-refractivity contribution is -0.274. The van der Waals surface area contributed by atoms with Crippen molar-refractivity contribution in [3.05, 3.63) is 53.9 Å². The quantitative estimate of drug-likeness (QED) is 0.579. The number of hydrogen-bond donors (Lipinski definition) is 1. The number of amides is 1. The van der Waals surface area contributed by atoms with E-state index in [4.69, 9.17) is 0 Å². The minimum atomic E-state index is -4.80. The molecule has 4 rings (SSSR count). The maximum Gasteiger partial charge on any atom is 0.573 e. The number of rotatable bonds is 4. The van der Waals surface area contributed by atoms with Crippen molar-refractivity contribution in [2.45, 2.75) is 33.1 Å². The van der Waals surface area contributed by atoms with Gasteiger partial charge < -0.3 is 15.0 Å². The minimum Gasteiger partial charge on any atom is -0.406 e. The highest BCUT2D eigenvalue weighted by Crippen LogP contribution is 2.32. The number of aromatic nitrogens is 2. The summed E-state index contributed by atoms with van der Waals surface area (Å²) in [7, 11) is 0. The van der Waals surface area contributed by atoms with E-state index in [-0.39, 0.29) is 11.7 Å². The summed E-state index contributed by atoms with van der Waals surface area (Å²) in [6, 6.07) is 9.11.